The molecule has 204 valence electrons. The SMILES string of the molecule is C=C(O)C(F)(F)F.C=C/C=N\C(=C/C)N1CCN(C2CN(C(=O)CC(N)Cc3ccccc3P)C2)CC1. The predicted molar refractivity (Wildman–Crippen MR) is 146 cm³/mol. The number of allylic oxidation sites excluding steroid dienone is 3. The standard InChI is InChI=1S/C23H34N5OP.C3H3F3O/c1-3-9-25-22(4-2)27-12-10-26(11-13-27)20-16-28(17-20)23(29)15-19(24)14-18-7-5-6-8-21(18)30;1-2(7)3(4,5)6/h3-9,19-20H,1,10-17,24,30H2,2H3;7H,1H2/b22-4+,25-9-;. The summed E-state index contributed by atoms with van der Waals surface area (Å²) in [6.45, 7) is 13.5. The second-order valence-electron chi connectivity index (χ2n) is 8.95. The van der Waals surface area contributed by atoms with Crippen LogP contribution in [0.1, 0.15) is 18.9 Å². The van der Waals surface area contributed by atoms with E-state index in [0.29, 0.717) is 12.5 Å². The maximum absolute atomic E-state index is 12.6. The molecule has 0 bridgehead atoms. The van der Waals surface area contributed by atoms with Crippen molar-refractivity contribution in [1.29, 1.82) is 0 Å². The number of aliphatic hydroxyl groups excluding tert-OH is 1. The molecule has 0 radical (unpaired) electrons. The van der Waals surface area contributed by atoms with Gasteiger partial charge in [-0.1, -0.05) is 43.5 Å². The van der Waals surface area contributed by atoms with Crippen molar-refractivity contribution in [3.63, 3.8) is 0 Å². The maximum atomic E-state index is 12.6. The number of alkyl halides is 3. The van der Waals surface area contributed by atoms with Crippen LogP contribution in [0.5, 0.6) is 0 Å². The third kappa shape index (κ3) is 9.61. The lowest BCUT2D eigenvalue weighted by Gasteiger charge is -2.48. The van der Waals surface area contributed by atoms with Gasteiger partial charge in [0.1, 0.15) is 5.82 Å². The normalized spacial score (nSPS) is 18.2. The zero-order valence-electron chi connectivity index (χ0n) is 21.2. The van der Waals surface area contributed by atoms with E-state index in [1.54, 1.807) is 12.3 Å². The molecular formula is C26H37F3N5O2P. The molecule has 0 aliphatic carbocycles. The van der Waals surface area contributed by atoms with Crippen molar-refractivity contribution in [2.45, 2.75) is 38.0 Å². The summed E-state index contributed by atoms with van der Waals surface area (Å²) < 4.78 is 32.5. The van der Waals surface area contributed by atoms with Crippen molar-refractivity contribution in [2.24, 2.45) is 10.7 Å². The molecule has 3 rings (SSSR count). The molecule has 2 fully saturated rings. The van der Waals surface area contributed by atoms with E-state index in [2.05, 4.69) is 49.3 Å². The molecule has 2 heterocycles. The van der Waals surface area contributed by atoms with Crippen molar-refractivity contribution in [3.05, 3.63) is 66.7 Å². The molecular weight excluding hydrogens is 502 g/mol. The van der Waals surface area contributed by atoms with Gasteiger partial charge in [-0.2, -0.15) is 13.2 Å². The number of likely N-dealkylation sites (tertiary alicyclic amines) is 1. The van der Waals surface area contributed by atoms with Crippen LogP contribution in [-0.4, -0.2) is 89.5 Å². The fraction of sp³-hybridized carbons (Fsp3) is 0.462. The maximum Gasteiger partial charge on any atom is 0.448 e. The highest BCUT2D eigenvalue weighted by atomic mass is 31.0. The van der Waals surface area contributed by atoms with Gasteiger partial charge in [-0.25, -0.2) is 4.99 Å². The summed E-state index contributed by atoms with van der Waals surface area (Å²) >= 11 is 0. The zero-order chi connectivity index (χ0) is 27.6. The number of carbonyl (C=O) groups excluding carboxylic acids is 1. The first-order chi connectivity index (χ1) is 17.5. The number of rotatable bonds is 8. The van der Waals surface area contributed by atoms with Crippen LogP contribution in [-0.2, 0) is 11.2 Å². The molecule has 11 heteroatoms. The number of carbonyl (C=O) groups is 1. The van der Waals surface area contributed by atoms with Gasteiger partial charge >= 0.3 is 6.18 Å². The molecule has 2 unspecified atom stereocenters. The highest BCUT2D eigenvalue weighted by Gasteiger charge is 2.36. The number of amides is 1. The summed E-state index contributed by atoms with van der Waals surface area (Å²) in [5.41, 5.74) is 7.46. The van der Waals surface area contributed by atoms with Gasteiger partial charge < -0.3 is 20.6 Å². The van der Waals surface area contributed by atoms with Crippen LogP contribution >= 0.6 is 9.24 Å². The van der Waals surface area contributed by atoms with Crippen LogP contribution in [0.25, 0.3) is 0 Å². The molecule has 1 aromatic rings. The van der Waals surface area contributed by atoms with Crippen LogP contribution in [0.15, 0.2) is 66.1 Å². The summed E-state index contributed by atoms with van der Waals surface area (Å²) in [5, 5.41) is 8.72. The van der Waals surface area contributed by atoms with E-state index in [9.17, 15) is 18.0 Å². The van der Waals surface area contributed by atoms with E-state index in [1.165, 1.54) is 5.56 Å². The number of piperazine rings is 1. The minimum absolute atomic E-state index is 0.142. The quantitative estimate of drug-likeness (QED) is 0.302. The predicted octanol–water partition coefficient (Wildman–Crippen LogP) is 3.01. The first-order valence-corrected chi connectivity index (χ1v) is 12.7. The lowest BCUT2D eigenvalue weighted by Crippen LogP contribution is -2.64. The third-order valence-electron chi connectivity index (χ3n) is 6.24. The van der Waals surface area contributed by atoms with E-state index in [0.717, 1.165) is 56.8 Å². The highest BCUT2D eigenvalue weighted by molar-refractivity contribution is 7.27. The first kappa shape index (κ1) is 30.5. The lowest BCUT2D eigenvalue weighted by atomic mass is 10.0. The lowest BCUT2D eigenvalue weighted by molar-refractivity contribution is -0.139. The number of nitrogens with zero attached hydrogens (tertiary/aromatic N) is 4. The van der Waals surface area contributed by atoms with Crippen LogP contribution in [0, 0.1) is 0 Å². The van der Waals surface area contributed by atoms with E-state index >= 15 is 0 Å². The minimum atomic E-state index is -4.64. The van der Waals surface area contributed by atoms with Crippen LogP contribution < -0.4 is 11.0 Å². The molecule has 1 aromatic carbocycles. The molecule has 3 N–H and O–H groups in total. The second-order valence-corrected chi connectivity index (χ2v) is 9.57. The van der Waals surface area contributed by atoms with E-state index in [4.69, 9.17) is 10.8 Å². The van der Waals surface area contributed by atoms with E-state index in [-0.39, 0.29) is 11.9 Å². The van der Waals surface area contributed by atoms with Gasteiger partial charge in [0.25, 0.3) is 0 Å². The Kier molecular flexibility index (Phi) is 11.8. The summed E-state index contributed by atoms with van der Waals surface area (Å²) in [5.74, 6) is -0.581. The van der Waals surface area contributed by atoms with Crippen LogP contribution in [0.4, 0.5) is 13.2 Å². The van der Waals surface area contributed by atoms with Gasteiger partial charge in [0.15, 0.2) is 5.76 Å². The number of aliphatic imine (C=N–C) groups is 1. The molecule has 0 aromatic heterocycles. The Morgan fingerprint density at radius 3 is 2.35 bits per heavy atom. The molecule has 0 saturated carbocycles. The van der Waals surface area contributed by atoms with Gasteiger partial charge in [-0.3, -0.25) is 9.69 Å². The van der Waals surface area contributed by atoms with Crippen molar-refractivity contribution in [2.75, 3.05) is 39.3 Å². The molecule has 7 nitrogen and oxygen atoms in total. The Bertz CT molecular complexity index is 985. The number of hydrogen-bond acceptors (Lipinski definition) is 6. The highest BCUT2D eigenvalue weighted by Crippen LogP contribution is 2.21. The largest absolute Gasteiger partial charge is 0.505 e. The molecule has 37 heavy (non-hydrogen) atoms. The van der Waals surface area contributed by atoms with Gasteiger partial charge in [-0.15, -0.1) is 9.24 Å². The summed E-state index contributed by atoms with van der Waals surface area (Å²) in [7, 11) is 2.74. The molecule has 0 spiro atoms. The summed E-state index contributed by atoms with van der Waals surface area (Å²) in [6.07, 6.45) is 1.97. The minimum Gasteiger partial charge on any atom is -0.505 e. The Labute approximate surface area is 219 Å². The Balaban J connectivity index is 0.000000604. The molecule has 2 aliphatic heterocycles. The number of nitrogens with two attached hydrogens (primary N) is 1. The average molecular weight is 540 g/mol. The van der Waals surface area contributed by atoms with Gasteiger partial charge in [0, 0.05) is 64.0 Å². The van der Waals surface area contributed by atoms with Crippen molar-refractivity contribution < 1.29 is 23.1 Å². The number of aliphatic hydroxyl groups is 1. The molecule has 2 saturated heterocycles. The van der Waals surface area contributed by atoms with E-state index < -0.39 is 11.9 Å². The fourth-order valence-corrected chi connectivity index (χ4v) is 4.43. The van der Waals surface area contributed by atoms with Crippen LogP contribution in [0.2, 0.25) is 0 Å². The topological polar surface area (TPSA) is 85.4 Å². The third-order valence-corrected chi connectivity index (χ3v) is 6.80. The van der Waals surface area contributed by atoms with Crippen molar-refractivity contribution in [1.82, 2.24) is 14.7 Å². The van der Waals surface area contributed by atoms with Crippen molar-refractivity contribution >= 4 is 26.7 Å². The van der Waals surface area contributed by atoms with Crippen LogP contribution in [0.3, 0.4) is 0 Å². The summed E-state index contributed by atoms with van der Waals surface area (Å²) in [4.78, 5) is 23.8. The van der Waals surface area contributed by atoms with Gasteiger partial charge in [0.2, 0.25) is 5.91 Å². The zero-order valence-corrected chi connectivity index (χ0v) is 22.4. The Hall–Kier alpha value is -2.68. The fourth-order valence-electron chi connectivity index (χ4n) is 4.10. The monoisotopic (exact) mass is 539 g/mol. The number of benzene rings is 1. The van der Waals surface area contributed by atoms with Gasteiger partial charge in [-0.05, 0) is 30.3 Å². The molecule has 2 aliphatic rings. The smallest absolute Gasteiger partial charge is 0.448 e. The van der Waals surface area contributed by atoms with Crippen molar-refractivity contribution in [3.8, 4) is 0 Å². The first-order valence-electron chi connectivity index (χ1n) is 12.1. The van der Waals surface area contributed by atoms with E-state index in [1.807, 2.05) is 30.0 Å². The molecule has 1 amide bonds. The number of halogens is 3. The summed E-state index contributed by atoms with van der Waals surface area (Å²) in [6, 6.07) is 8.48. The molecule has 2 atom stereocenters. The Morgan fingerprint density at radius 2 is 1.84 bits per heavy atom. The Morgan fingerprint density at radius 1 is 1.24 bits per heavy atom. The second kappa shape index (κ2) is 14.3. The van der Waals surface area contributed by atoms with Gasteiger partial charge in [0.05, 0.1) is 0 Å². The number of hydrogen-bond donors (Lipinski definition) is 2. The average Bonchev–Trinajstić information content (AvgIpc) is 2.80.